The molecular weight excluding hydrogens is 420 g/mol. The Bertz CT molecular complexity index is 1020. The lowest BCUT2D eigenvalue weighted by molar-refractivity contribution is -0.158. The third-order valence-electron chi connectivity index (χ3n) is 6.27. The Morgan fingerprint density at radius 1 is 0.879 bits per heavy atom. The van der Waals surface area contributed by atoms with Crippen molar-refractivity contribution in [1.82, 2.24) is 14.7 Å². The number of aryl methyl sites for hydroxylation is 1. The van der Waals surface area contributed by atoms with Crippen molar-refractivity contribution in [2.45, 2.75) is 13.5 Å². The summed E-state index contributed by atoms with van der Waals surface area (Å²) in [6, 6.07) is 15.8. The van der Waals surface area contributed by atoms with Gasteiger partial charge in [-0.05, 0) is 24.6 Å². The Morgan fingerprint density at radius 2 is 1.55 bits per heavy atom. The van der Waals surface area contributed by atoms with Gasteiger partial charge in [-0.1, -0.05) is 35.9 Å². The second kappa shape index (κ2) is 9.94. The van der Waals surface area contributed by atoms with Crippen molar-refractivity contribution in [1.29, 1.82) is 0 Å². The molecule has 2 fully saturated rings. The Balaban J connectivity index is 1.28. The molecule has 2 aliphatic rings. The fourth-order valence-electron chi connectivity index (χ4n) is 4.22. The minimum absolute atomic E-state index is 0.0535. The van der Waals surface area contributed by atoms with Gasteiger partial charge in [-0.2, -0.15) is 0 Å². The number of benzene rings is 2. The first-order valence-corrected chi connectivity index (χ1v) is 11.2. The molecule has 2 aromatic carbocycles. The summed E-state index contributed by atoms with van der Waals surface area (Å²) in [5, 5.41) is 0. The zero-order chi connectivity index (χ0) is 23.4. The minimum atomic E-state index is -0.600. The molecule has 8 heteroatoms. The minimum Gasteiger partial charge on any atom is -0.497 e. The molecule has 174 valence electrons. The molecule has 33 heavy (non-hydrogen) atoms. The number of ether oxygens (including phenoxy) is 1. The van der Waals surface area contributed by atoms with Crippen molar-refractivity contribution in [3.8, 4) is 5.75 Å². The van der Waals surface area contributed by atoms with E-state index in [-0.39, 0.29) is 12.5 Å². The second-order valence-electron chi connectivity index (χ2n) is 8.51. The zero-order valence-corrected chi connectivity index (χ0v) is 19.2. The molecule has 0 unspecified atom stereocenters. The fraction of sp³-hybridized carbons (Fsp3) is 0.400. The van der Waals surface area contributed by atoms with E-state index in [4.69, 9.17) is 4.74 Å². The van der Waals surface area contributed by atoms with Gasteiger partial charge in [0.15, 0.2) is 0 Å². The van der Waals surface area contributed by atoms with Crippen LogP contribution >= 0.6 is 0 Å². The summed E-state index contributed by atoms with van der Waals surface area (Å²) in [6.07, 6.45) is 0. The molecule has 8 nitrogen and oxygen atoms in total. The molecule has 4 rings (SSSR count). The summed E-state index contributed by atoms with van der Waals surface area (Å²) in [7, 11) is 1.64. The van der Waals surface area contributed by atoms with Crippen molar-refractivity contribution in [3.63, 3.8) is 0 Å². The van der Waals surface area contributed by atoms with Crippen molar-refractivity contribution in [3.05, 3.63) is 59.7 Å². The number of carbonyl (C=O) groups excluding carboxylic acids is 3. The lowest BCUT2D eigenvalue weighted by Gasteiger charge is -2.38. The van der Waals surface area contributed by atoms with Gasteiger partial charge >= 0.3 is 11.8 Å². The van der Waals surface area contributed by atoms with E-state index in [1.807, 2.05) is 55.5 Å². The van der Waals surface area contributed by atoms with E-state index in [9.17, 15) is 14.4 Å². The number of carbonyl (C=O) groups is 3. The number of methoxy groups -OCH3 is 1. The quantitative estimate of drug-likeness (QED) is 0.624. The predicted octanol–water partition coefficient (Wildman–Crippen LogP) is 1.52. The van der Waals surface area contributed by atoms with Crippen molar-refractivity contribution < 1.29 is 19.1 Å². The van der Waals surface area contributed by atoms with Crippen LogP contribution in [0, 0.1) is 6.92 Å². The van der Waals surface area contributed by atoms with Crippen LogP contribution in [0.5, 0.6) is 5.75 Å². The van der Waals surface area contributed by atoms with Crippen LogP contribution in [0.3, 0.4) is 0 Å². The summed E-state index contributed by atoms with van der Waals surface area (Å²) >= 11 is 0. The maximum atomic E-state index is 12.8. The van der Waals surface area contributed by atoms with Gasteiger partial charge in [0.05, 0.1) is 7.11 Å². The first kappa shape index (κ1) is 22.6. The van der Waals surface area contributed by atoms with Crippen molar-refractivity contribution in [2.24, 2.45) is 0 Å². The van der Waals surface area contributed by atoms with Crippen LogP contribution in [0.4, 0.5) is 5.69 Å². The van der Waals surface area contributed by atoms with E-state index in [1.54, 1.807) is 16.9 Å². The highest BCUT2D eigenvalue weighted by atomic mass is 16.5. The van der Waals surface area contributed by atoms with Gasteiger partial charge in [-0.25, -0.2) is 0 Å². The highest BCUT2D eigenvalue weighted by molar-refractivity contribution is 6.35. The molecule has 2 saturated heterocycles. The molecule has 0 aliphatic carbocycles. The number of piperazine rings is 2. The highest BCUT2D eigenvalue weighted by Crippen LogP contribution is 2.22. The van der Waals surface area contributed by atoms with E-state index in [2.05, 4.69) is 4.90 Å². The smallest absolute Gasteiger partial charge is 0.312 e. The van der Waals surface area contributed by atoms with Crippen LogP contribution in [0.25, 0.3) is 0 Å². The fourth-order valence-corrected chi connectivity index (χ4v) is 4.22. The third-order valence-corrected chi connectivity index (χ3v) is 6.27. The van der Waals surface area contributed by atoms with Gasteiger partial charge < -0.3 is 24.3 Å². The number of rotatable bonds is 6. The second-order valence-corrected chi connectivity index (χ2v) is 8.51. The summed E-state index contributed by atoms with van der Waals surface area (Å²) < 4.78 is 5.29. The Labute approximate surface area is 194 Å². The number of nitrogens with zero attached hydrogens (tertiary/aromatic N) is 4. The maximum Gasteiger partial charge on any atom is 0.312 e. The number of hydrogen-bond acceptors (Lipinski definition) is 5. The summed E-state index contributed by atoms with van der Waals surface area (Å²) in [4.78, 5) is 45.0. The molecule has 2 aromatic rings. The van der Waals surface area contributed by atoms with Gasteiger partial charge in [0, 0.05) is 57.6 Å². The monoisotopic (exact) mass is 450 g/mol. The first-order valence-electron chi connectivity index (χ1n) is 11.2. The Morgan fingerprint density at radius 3 is 2.24 bits per heavy atom. The molecular formula is C25H30N4O4. The van der Waals surface area contributed by atoms with Gasteiger partial charge in [-0.3, -0.25) is 14.4 Å². The van der Waals surface area contributed by atoms with Crippen LogP contribution in [-0.4, -0.2) is 85.3 Å². The highest BCUT2D eigenvalue weighted by Gasteiger charge is 2.34. The van der Waals surface area contributed by atoms with Gasteiger partial charge in [0.25, 0.3) is 0 Å². The standard InChI is InChI=1S/C25H30N4O4/c1-19-6-8-20(9-7-19)17-28-14-15-29(25(32)24(28)31)18-23(30)27-12-10-26(11-13-27)21-4-3-5-22(16-21)33-2/h3-9,16H,10-15,17-18H2,1-2H3. The molecule has 0 saturated carbocycles. The molecule has 0 aromatic heterocycles. The van der Waals surface area contributed by atoms with E-state index in [0.717, 1.165) is 22.6 Å². The molecule has 0 bridgehead atoms. The molecule has 0 N–H and O–H groups in total. The number of hydrogen-bond donors (Lipinski definition) is 0. The first-order chi connectivity index (χ1) is 15.9. The van der Waals surface area contributed by atoms with Crippen LogP contribution in [0.1, 0.15) is 11.1 Å². The SMILES string of the molecule is COc1cccc(N2CCN(C(=O)CN3CCN(Cc4ccc(C)cc4)C(=O)C3=O)CC2)c1. The Hall–Kier alpha value is -3.55. The van der Waals surface area contributed by atoms with E-state index in [0.29, 0.717) is 45.8 Å². The van der Waals surface area contributed by atoms with E-state index in [1.165, 1.54) is 4.90 Å². The van der Waals surface area contributed by atoms with Gasteiger partial charge in [0.1, 0.15) is 12.3 Å². The van der Waals surface area contributed by atoms with Crippen LogP contribution < -0.4 is 9.64 Å². The topological polar surface area (TPSA) is 73.4 Å². The van der Waals surface area contributed by atoms with Crippen LogP contribution in [0.2, 0.25) is 0 Å². The van der Waals surface area contributed by atoms with Crippen LogP contribution in [-0.2, 0) is 20.9 Å². The number of anilines is 1. The van der Waals surface area contributed by atoms with Crippen molar-refractivity contribution in [2.75, 3.05) is 57.8 Å². The molecule has 0 spiro atoms. The Kier molecular flexibility index (Phi) is 6.82. The third kappa shape index (κ3) is 5.27. The lowest BCUT2D eigenvalue weighted by Crippen LogP contribution is -2.57. The van der Waals surface area contributed by atoms with Gasteiger partial charge in [0.2, 0.25) is 5.91 Å². The van der Waals surface area contributed by atoms with Crippen LogP contribution in [0.15, 0.2) is 48.5 Å². The molecule has 2 aliphatic heterocycles. The normalized spacial score (nSPS) is 16.9. The molecule has 0 radical (unpaired) electrons. The molecule has 0 atom stereocenters. The zero-order valence-electron chi connectivity index (χ0n) is 19.2. The molecule has 2 heterocycles. The molecule has 3 amide bonds. The van der Waals surface area contributed by atoms with Crippen molar-refractivity contribution >= 4 is 23.4 Å². The lowest BCUT2D eigenvalue weighted by atomic mass is 10.1. The van der Waals surface area contributed by atoms with Gasteiger partial charge in [-0.15, -0.1) is 0 Å². The number of amides is 3. The summed E-state index contributed by atoms with van der Waals surface area (Å²) in [6.45, 7) is 5.71. The van der Waals surface area contributed by atoms with E-state index >= 15 is 0 Å². The van der Waals surface area contributed by atoms with E-state index < -0.39 is 11.8 Å². The predicted molar refractivity (Wildman–Crippen MR) is 125 cm³/mol. The average molecular weight is 451 g/mol. The maximum absolute atomic E-state index is 12.8. The largest absolute Gasteiger partial charge is 0.497 e. The summed E-state index contributed by atoms with van der Waals surface area (Å²) in [5.74, 6) is -0.460. The summed E-state index contributed by atoms with van der Waals surface area (Å²) in [5.41, 5.74) is 3.20. The average Bonchev–Trinajstić information content (AvgIpc) is 2.85.